The molecule has 1 atom stereocenters. The first-order valence-corrected chi connectivity index (χ1v) is 9.42. The number of carbonyl (C=O) groups is 2. The third-order valence-corrected chi connectivity index (χ3v) is 4.51. The molecule has 8 nitrogen and oxygen atoms in total. The van der Waals surface area contributed by atoms with Crippen molar-refractivity contribution in [3.63, 3.8) is 0 Å². The Bertz CT molecular complexity index is 809. The molecule has 0 aliphatic carbocycles. The Morgan fingerprint density at radius 3 is 2.03 bits per heavy atom. The molecule has 0 bridgehead atoms. The number of hydrogen-bond acceptors (Lipinski definition) is 6. The minimum absolute atomic E-state index is 0.160. The van der Waals surface area contributed by atoms with Gasteiger partial charge in [-0.15, -0.1) is 0 Å². The molecule has 1 heterocycles. The molecule has 0 saturated carbocycles. The predicted molar refractivity (Wildman–Crippen MR) is 106 cm³/mol. The third-order valence-electron chi connectivity index (χ3n) is 4.51. The molecule has 3 rings (SSSR count). The highest BCUT2D eigenvalue weighted by Gasteiger charge is 2.30. The fraction of sp³-hybridized carbons (Fsp3) is 0.333. The molecule has 1 aliphatic heterocycles. The Balaban J connectivity index is 1.91. The number of nitrogens with one attached hydrogen (secondary N) is 1. The van der Waals surface area contributed by atoms with E-state index in [1.165, 1.54) is 4.90 Å². The summed E-state index contributed by atoms with van der Waals surface area (Å²) in [5.41, 5.74) is 3.46. The van der Waals surface area contributed by atoms with E-state index in [1.54, 1.807) is 0 Å². The van der Waals surface area contributed by atoms with Crippen molar-refractivity contribution in [1.82, 2.24) is 5.32 Å². The summed E-state index contributed by atoms with van der Waals surface area (Å²) in [6, 6.07) is 14.6. The number of ether oxygens (including phenoxy) is 2. The summed E-state index contributed by atoms with van der Waals surface area (Å²) in [5, 5.41) is 20.4. The highest BCUT2D eigenvalue weighted by molar-refractivity contribution is 6.02. The van der Waals surface area contributed by atoms with Crippen LogP contribution in [0.25, 0.3) is 0 Å². The predicted octanol–water partition coefficient (Wildman–Crippen LogP) is 1.50. The zero-order valence-electron chi connectivity index (χ0n) is 15.9. The first-order chi connectivity index (χ1) is 14.2. The van der Waals surface area contributed by atoms with Crippen LogP contribution in [0.4, 0.5) is 16.2 Å². The lowest BCUT2D eigenvalue weighted by Crippen LogP contribution is -2.49. The van der Waals surface area contributed by atoms with Gasteiger partial charge in [0.15, 0.2) is 0 Å². The number of aryl methyl sites for hydroxylation is 2. The third kappa shape index (κ3) is 4.92. The molecule has 0 spiro atoms. The molecular formula is C21H24N2O6. The Labute approximate surface area is 168 Å². The van der Waals surface area contributed by atoms with Crippen molar-refractivity contribution in [2.45, 2.75) is 19.1 Å². The van der Waals surface area contributed by atoms with Gasteiger partial charge in [-0.3, -0.25) is 4.90 Å². The number of rotatable bonds is 7. The molecule has 1 unspecified atom stereocenters. The van der Waals surface area contributed by atoms with Crippen LogP contribution in [0.1, 0.15) is 11.1 Å². The number of nitrogens with zero attached hydrogens (tertiary/aromatic N) is 1. The van der Waals surface area contributed by atoms with Crippen LogP contribution in [-0.4, -0.2) is 54.9 Å². The molecule has 0 saturated heterocycles. The second kappa shape index (κ2) is 10.0. The molecule has 0 radical (unpaired) electrons. The molecular weight excluding hydrogens is 376 g/mol. The number of esters is 1. The molecule has 1 aliphatic rings. The van der Waals surface area contributed by atoms with Crippen LogP contribution < -0.4 is 10.2 Å². The summed E-state index contributed by atoms with van der Waals surface area (Å²) in [6.07, 6.45) is 0.142. The van der Waals surface area contributed by atoms with E-state index in [9.17, 15) is 9.59 Å². The molecule has 154 valence electrons. The number of fused-ring (bicyclic) bond motifs is 2. The van der Waals surface area contributed by atoms with Crippen molar-refractivity contribution in [3.05, 3.63) is 59.7 Å². The SMILES string of the molecule is O=C(OCCO)C(NC(=O)N1c2ccccc2CCc2ccccc21)OCCO. The average molecular weight is 400 g/mol. The van der Waals surface area contributed by atoms with Gasteiger partial charge in [0.25, 0.3) is 0 Å². The highest BCUT2D eigenvalue weighted by Crippen LogP contribution is 2.35. The van der Waals surface area contributed by atoms with E-state index in [-0.39, 0.29) is 26.4 Å². The van der Waals surface area contributed by atoms with Gasteiger partial charge in [0.2, 0.25) is 6.23 Å². The number of urea groups is 1. The van der Waals surface area contributed by atoms with Gasteiger partial charge in [0.1, 0.15) is 6.61 Å². The zero-order chi connectivity index (χ0) is 20.6. The van der Waals surface area contributed by atoms with E-state index >= 15 is 0 Å². The number of carbonyl (C=O) groups excluding carboxylic acids is 2. The lowest BCUT2D eigenvalue weighted by Gasteiger charge is -2.27. The fourth-order valence-corrected chi connectivity index (χ4v) is 3.24. The topological polar surface area (TPSA) is 108 Å². The molecule has 2 aromatic rings. The van der Waals surface area contributed by atoms with Crippen molar-refractivity contribution < 1.29 is 29.3 Å². The van der Waals surface area contributed by atoms with Crippen molar-refractivity contribution in [1.29, 1.82) is 0 Å². The maximum absolute atomic E-state index is 13.2. The summed E-state index contributed by atoms with van der Waals surface area (Å²) in [7, 11) is 0. The smallest absolute Gasteiger partial charge is 0.356 e. The number of para-hydroxylation sites is 2. The maximum atomic E-state index is 13.2. The quantitative estimate of drug-likeness (QED) is 0.480. The summed E-state index contributed by atoms with van der Waals surface area (Å²) < 4.78 is 10.1. The van der Waals surface area contributed by atoms with Crippen LogP contribution in [0.2, 0.25) is 0 Å². The van der Waals surface area contributed by atoms with Crippen LogP contribution in [0, 0.1) is 0 Å². The molecule has 8 heteroatoms. The number of amides is 2. The number of aliphatic hydroxyl groups excluding tert-OH is 2. The number of aliphatic hydroxyl groups is 2. The zero-order valence-corrected chi connectivity index (χ0v) is 15.9. The summed E-state index contributed by atoms with van der Waals surface area (Å²) in [6.45, 7) is -1.05. The molecule has 3 N–H and O–H groups in total. The van der Waals surface area contributed by atoms with Gasteiger partial charge in [-0.1, -0.05) is 36.4 Å². The van der Waals surface area contributed by atoms with Gasteiger partial charge in [0.05, 0.1) is 31.2 Å². The normalized spacial score (nSPS) is 13.7. The van der Waals surface area contributed by atoms with Gasteiger partial charge in [-0.05, 0) is 36.1 Å². The van der Waals surface area contributed by atoms with E-state index in [1.807, 2.05) is 48.5 Å². The number of anilines is 2. The lowest BCUT2D eigenvalue weighted by molar-refractivity contribution is -0.160. The van der Waals surface area contributed by atoms with Gasteiger partial charge < -0.3 is 25.0 Å². The van der Waals surface area contributed by atoms with Crippen molar-refractivity contribution in [3.8, 4) is 0 Å². The van der Waals surface area contributed by atoms with Crippen LogP contribution in [0.15, 0.2) is 48.5 Å². The van der Waals surface area contributed by atoms with Gasteiger partial charge in [-0.25, -0.2) is 9.59 Å². The van der Waals surface area contributed by atoms with Gasteiger partial charge in [0, 0.05) is 0 Å². The maximum Gasteiger partial charge on any atom is 0.356 e. The van der Waals surface area contributed by atoms with E-state index < -0.39 is 18.2 Å². The minimum atomic E-state index is -1.41. The fourth-order valence-electron chi connectivity index (χ4n) is 3.24. The van der Waals surface area contributed by atoms with Gasteiger partial charge in [-0.2, -0.15) is 0 Å². The minimum Gasteiger partial charge on any atom is -0.460 e. The van der Waals surface area contributed by atoms with E-state index in [4.69, 9.17) is 19.7 Å². The summed E-state index contributed by atoms with van der Waals surface area (Å²) in [5.74, 6) is -0.850. The second-order valence-corrected chi connectivity index (χ2v) is 6.41. The summed E-state index contributed by atoms with van der Waals surface area (Å²) in [4.78, 5) is 27.0. The Morgan fingerprint density at radius 2 is 1.48 bits per heavy atom. The van der Waals surface area contributed by atoms with Crippen LogP contribution in [-0.2, 0) is 27.1 Å². The first kappa shape index (κ1) is 20.8. The molecule has 2 amide bonds. The van der Waals surface area contributed by atoms with E-state index in [2.05, 4.69) is 5.32 Å². The highest BCUT2D eigenvalue weighted by atomic mass is 16.6. The van der Waals surface area contributed by atoms with Crippen LogP contribution in [0.3, 0.4) is 0 Å². The molecule has 2 aromatic carbocycles. The number of hydrogen-bond donors (Lipinski definition) is 3. The van der Waals surface area contributed by atoms with Crippen molar-refractivity contribution in [2.24, 2.45) is 0 Å². The lowest BCUT2D eigenvalue weighted by atomic mass is 10.0. The molecule has 29 heavy (non-hydrogen) atoms. The van der Waals surface area contributed by atoms with E-state index in [0.29, 0.717) is 0 Å². The Morgan fingerprint density at radius 1 is 0.931 bits per heavy atom. The van der Waals surface area contributed by atoms with Crippen molar-refractivity contribution >= 4 is 23.4 Å². The Hall–Kier alpha value is -2.94. The van der Waals surface area contributed by atoms with Crippen molar-refractivity contribution in [2.75, 3.05) is 31.3 Å². The van der Waals surface area contributed by atoms with Crippen LogP contribution >= 0.6 is 0 Å². The molecule has 0 aromatic heterocycles. The number of benzene rings is 2. The summed E-state index contributed by atoms with van der Waals surface area (Å²) >= 11 is 0. The largest absolute Gasteiger partial charge is 0.460 e. The van der Waals surface area contributed by atoms with Gasteiger partial charge >= 0.3 is 12.0 Å². The Kier molecular flexibility index (Phi) is 7.18. The first-order valence-electron chi connectivity index (χ1n) is 9.42. The standard InChI is InChI=1S/C21H24N2O6/c24-11-13-28-19(20(26)29-14-12-25)22-21(27)23-17-7-3-1-5-15(17)9-10-16-6-2-4-8-18(16)23/h1-8,19,24-25H,9-14H2,(H,22,27). The average Bonchev–Trinajstić information content (AvgIpc) is 2.91. The monoisotopic (exact) mass is 400 g/mol. The second-order valence-electron chi connectivity index (χ2n) is 6.41. The molecule has 0 fully saturated rings. The van der Waals surface area contributed by atoms with E-state index in [0.717, 1.165) is 35.3 Å². The van der Waals surface area contributed by atoms with Crippen LogP contribution in [0.5, 0.6) is 0 Å².